The first kappa shape index (κ1) is 9.24. The molecular formula is C7H5I2NO. The molecule has 1 aromatic carbocycles. The zero-order valence-corrected chi connectivity index (χ0v) is 9.79. The molecule has 1 aromatic rings. The molecule has 11 heavy (non-hydrogen) atoms. The van der Waals surface area contributed by atoms with Gasteiger partial charge in [-0.05, 0) is 57.3 Å². The number of benzene rings is 1. The fourth-order valence-electron chi connectivity index (χ4n) is 0.702. The van der Waals surface area contributed by atoms with E-state index >= 15 is 0 Å². The monoisotopic (exact) mass is 373 g/mol. The first-order valence-corrected chi connectivity index (χ1v) is 5.00. The van der Waals surface area contributed by atoms with Gasteiger partial charge in [-0.15, -0.1) is 0 Å². The Morgan fingerprint density at radius 2 is 2.00 bits per heavy atom. The van der Waals surface area contributed by atoms with Crippen LogP contribution in [0.15, 0.2) is 12.1 Å². The van der Waals surface area contributed by atoms with Crippen LogP contribution in [0.4, 0.5) is 5.69 Å². The van der Waals surface area contributed by atoms with Gasteiger partial charge in [-0.2, -0.15) is 0 Å². The molecule has 0 aliphatic rings. The van der Waals surface area contributed by atoms with Crippen LogP contribution in [0.25, 0.3) is 0 Å². The third-order valence-electron chi connectivity index (χ3n) is 1.25. The van der Waals surface area contributed by atoms with Gasteiger partial charge in [0.05, 0.1) is 5.69 Å². The quantitative estimate of drug-likeness (QED) is 0.467. The number of rotatable bonds is 1. The van der Waals surface area contributed by atoms with Crippen LogP contribution in [0, 0.1) is 7.14 Å². The van der Waals surface area contributed by atoms with Crippen molar-refractivity contribution in [2.75, 3.05) is 5.73 Å². The highest BCUT2D eigenvalue weighted by molar-refractivity contribution is 14.1. The second kappa shape index (κ2) is 3.70. The average molecular weight is 373 g/mol. The van der Waals surface area contributed by atoms with Gasteiger partial charge in [0.1, 0.15) is 0 Å². The van der Waals surface area contributed by atoms with Gasteiger partial charge in [-0.3, -0.25) is 4.79 Å². The van der Waals surface area contributed by atoms with Crippen molar-refractivity contribution in [3.05, 3.63) is 24.8 Å². The number of hydrogen-bond acceptors (Lipinski definition) is 2. The Balaban J connectivity index is 3.35. The van der Waals surface area contributed by atoms with Crippen molar-refractivity contribution in [2.45, 2.75) is 0 Å². The molecule has 0 saturated heterocycles. The lowest BCUT2D eigenvalue weighted by atomic mass is 10.2. The number of nitrogen functional groups attached to an aromatic ring is 1. The first-order chi connectivity index (χ1) is 5.15. The molecule has 0 aromatic heterocycles. The smallest absolute Gasteiger partial charge is 0.152 e. The van der Waals surface area contributed by atoms with E-state index < -0.39 is 0 Å². The van der Waals surface area contributed by atoms with Gasteiger partial charge < -0.3 is 5.73 Å². The maximum atomic E-state index is 10.4. The molecule has 0 unspecified atom stereocenters. The summed E-state index contributed by atoms with van der Waals surface area (Å²) in [6, 6.07) is 3.70. The standard InChI is InChI=1S/C7H5I2NO/c8-5-1-4(3-11)7(10)6(9)2-5/h1-3H,10H2. The molecule has 0 heterocycles. The van der Waals surface area contributed by atoms with Crippen LogP contribution in [-0.2, 0) is 0 Å². The van der Waals surface area contributed by atoms with Gasteiger partial charge in [0, 0.05) is 12.7 Å². The topological polar surface area (TPSA) is 43.1 Å². The summed E-state index contributed by atoms with van der Waals surface area (Å²) in [5, 5.41) is 0. The molecule has 0 bridgehead atoms. The van der Waals surface area contributed by atoms with Gasteiger partial charge in [0.25, 0.3) is 0 Å². The summed E-state index contributed by atoms with van der Waals surface area (Å²) in [7, 11) is 0. The molecule has 0 aliphatic carbocycles. The van der Waals surface area contributed by atoms with E-state index in [0.717, 1.165) is 13.4 Å². The predicted molar refractivity (Wildman–Crippen MR) is 61.7 cm³/mol. The summed E-state index contributed by atoms with van der Waals surface area (Å²) in [5.74, 6) is 0. The molecule has 0 spiro atoms. The molecule has 0 atom stereocenters. The summed E-state index contributed by atoms with van der Waals surface area (Å²) in [6.07, 6.45) is 0.777. The number of aldehydes is 1. The highest BCUT2D eigenvalue weighted by atomic mass is 127. The van der Waals surface area contributed by atoms with E-state index in [-0.39, 0.29) is 0 Å². The van der Waals surface area contributed by atoms with E-state index in [1.807, 2.05) is 6.07 Å². The minimum Gasteiger partial charge on any atom is -0.397 e. The summed E-state index contributed by atoms with van der Waals surface area (Å²) < 4.78 is 1.96. The molecule has 58 valence electrons. The Morgan fingerprint density at radius 3 is 2.55 bits per heavy atom. The second-order valence-corrected chi connectivity index (χ2v) is 4.42. The number of anilines is 1. The van der Waals surface area contributed by atoms with E-state index in [4.69, 9.17) is 5.73 Å². The molecule has 2 N–H and O–H groups in total. The predicted octanol–water partition coefficient (Wildman–Crippen LogP) is 2.29. The molecule has 0 fully saturated rings. The lowest BCUT2D eigenvalue weighted by Crippen LogP contribution is -1.96. The van der Waals surface area contributed by atoms with E-state index in [1.165, 1.54) is 0 Å². The van der Waals surface area contributed by atoms with Gasteiger partial charge >= 0.3 is 0 Å². The van der Waals surface area contributed by atoms with Crippen molar-refractivity contribution in [2.24, 2.45) is 0 Å². The largest absolute Gasteiger partial charge is 0.397 e. The second-order valence-electron chi connectivity index (χ2n) is 2.01. The van der Waals surface area contributed by atoms with E-state index in [9.17, 15) is 4.79 Å². The molecule has 1 rings (SSSR count). The van der Waals surface area contributed by atoms with E-state index in [2.05, 4.69) is 45.2 Å². The third kappa shape index (κ3) is 2.05. The van der Waals surface area contributed by atoms with Crippen molar-refractivity contribution in [3.8, 4) is 0 Å². The fraction of sp³-hybridized carbons (Fsp3) is 0. The zero-order valence-electron chi connectivity index (χ0n) is 5.47. The number of halogens is 2. The zero-order chi connectivity index (χ0) is 8.43. The van der Waals surface area contributed by atoms with E-state index in [1.54, 1.807) is 6.07 Å². The fourth-order valence-corrected chi connectivity index (χ4v) is 2.59. The summed E-state index contributed by atoms with van der Waals surface area (Å²) in [6.45, 7) is 0. The minimum absolute atomic E-state index is 0.570. The lowest BCUT2D eigenvalue weighted by molar-refractivity contribution is 0.112. The lowest BCUT2D eigenvalue weighted by Gasteiger charge is -2.01. The maximum Gasteiger partial charge on any atom is 0.152 e. The first-order valence-electron chi connectivity index (χ1n) is 2.85. The van der Waals surface area contributed by atoms with Crippen LogP contribution in [0.2, 0.25) is 0 Å². The van der Waals surface area contributed by atoms with Crippen molar-refractivity contribution in [1.82, 2.24) is 0 Å². The molecule has 4 heteroatoms. The Hall–Kier alpha value is 0.150. The number of hydrogen-bond donors (Lipinski definition) is 1. The van der Waals surface area contributed by atoms with Gasteiger partial charge in [-0.1, -0.05) is 0 Å². The Kier molecular flexibility index (Phi) is 3.11. The Labute approximate surface area is 91.8 Å². The minimum atomic E-state index is 0.570. The van der Waals surface area contributed by atoms with Crippen LogP contribution in [0.3, 0.4) is 0 Å². The van der Waals surface area contributed by atoms with Gasteiger partial charge in [-0.25, -0.2) is 0 Å². The number of nitrogens with two attached hydrogens (primary N) is 1. The van der Waals surface area contributed by atoms with Crippen LogP contribution in [0.1, 0.15) is 10.4 Å². The molecule has 0 saturated carbocycles. The van der Waals surface area contributed by atoms with Crippen molar-refractivity contribution < 1.29 is 4.79 Å². The summed E-state index contributed by atoms with van der Waals surface area (Å²) in [4.78, 5) is 10.4. The van der Waals surface area contributed by atoms with Gasteiger partial charge in [0.2, 0.25) is 0 Å². The highest BCUT2D eigenvalue weighted by Crippen LogP contribution is 2.21. The summed E-state index contributed by atoms with van der Waals surface area (Å²) in [5.41, 5.74) is 6.76. The highest BCUT2D eigenvalue weighted by Gasteiger charge is 2.02. The van der Waals surface area contributed by atoms with Crippen molar-refractivity contribution >= 4 is 57.2 Å². The molecular weight excluding hydrogens is 368 g/mol. The molecule has 0 amide bonds. The third-order valence-corrected chi connectivity index (χ3v) is 2.77. The van der Waals surface area contributed by atoms with Crippen LogP contribution in [-0.4, -0.2) is 6.29 Å². The SMILES string of the molecule is Nc1c(I)cc(I)cc1C=O. The molecule has 0 aliphatic heterocycles. The number of carbonyl (C=O) groups is 1. The van der Waals surface area contributed by atoms with E-state index in [0.29, 0.717) is 11.3 Å². The molecule has 2 nitrogen and oxygen atoms in total. The average Bonchev–Trinajstić information content (AvgIpc) is 1.96. The maximum absolute atomic E-state index is 10.4. The van der Waals surface area contributed by atoms with Crippen LogP contribution >= 0.6 is 45.2 Å². The van der Waals surface area contributed by atoms with Crippen molar-refractivity contribution in [1.29, 1.82) is 0 Å². The van der Waals surface area contributed by atoms with Crippen LogP contribution in [0.5, 0.6) is 0 Å². The van der Waals surface area contributed by atoms with Gasteiger partial charge in [0.15, 0.2) is 6.29 Å². The molecule has 0 radical (unpaired) electrons. The Bertz CT molecular complexity index is 299. The van der Waals surface area contributed by atoms with Crippen LogP contribution < -0.4 is 5.73 Å². The van der Waals surface area contributed by atoms with Crippen molar-refractivity contribution in [3.63, 3.8) is 0 Å². The normalized spacial score (nSPS) is 9.64. The number of carbonyl (C=O) groups excluding carboxylic acids is 1. The summed E-state index contributed by atoms with van der Waals surface area (Å²) >= 11 is 4.26. The Morgan fingerprint density at radius 1 is 1.36 bits per heavy atom.